The molecule has 86 valence electrons. The summed E-state index contributed by atoms with van der Waals surface area (Å²) in [6.45, 7) is 6.31. The van der Waals surface area contributed by atoms with Gasteiger partial charge in [-0.15, -0.1) is 0 Å². The molecule has 0 unspecified atom stereocenters. The summed E-state index contributed by atoms with van der Waals surface area (Å²) in [6, 6.07) is 0.519. The van der Waals surface area contributed by atoms with Gasteiger partial charge < -0.3 is 11.1 Å². The lowest BCUT2D eigenvalue weighted by Crippen LogP contribution is -2.45. The number of hydrogen-bond donors (Lipinski definition) is 2. The van der Waals surface area contributed by atoms with Crippen LogP contribution in [0.3, 0.4) is 0 Å². The van der Waals surface area contributed by atoms with Crippen LogP contribution in [0.25, 0.3) is 0 Å². The van der Waals surface area contributed by atoms with Crippen LogP contribution in [-0.2, 0) is 0 Å². The molecule has 0 heterocycles. The fraction of sp³-hybridized carbons (Fsp3) is 0.917. The summed E-state index contributed by atoms with van der Waals surface area (Å²) in [7, 11) is 0. The molecular formula is C12H23N3. The Labute approximate surface area is 92.5 Å². The Balaban J connectivity index is 1.79. The van der Waals surface area contributed by atoms with E-state index in [4.69, 9.17) is 5.73 Å². The smallest absolute Gasteiger partial charge is 0.189 e. The quantitative estimate of drug-likeness (QED) is 0.539. The van der Waals surface area contributed by atoms with E-state index in [1.165, 1.54) is 25.7 Å². The molecule has 0 aromatic rings. The lowest BCUT2D eigenvalue weighted by atomic mass is 9.81. The summed E-state index contributed by atoms with van der Waals surface area (Å²) >= 11 is 0. The van der Waals surface area contributed by atoms with Crippen molar-refractivity contribution in [1.29, 1.82) is 0 Å². The molecule has 2 aliphatic carbocycles. The average Bonchev–Trinajstić information content (AvgIpc) is 2.58. The summed E-state index contributed by atoms with van der Waals surface area (Å²) in [5, 5.41) is 3.21. The second-order valence-electron chi connectivity index (χ2n) is 6.05. The van der Waals surface area contributed by atoms with Crippen LogP contribution in [-0.4, -0.2) is 17.5 Å². The van der Waals surface area contributed by atoms with Gasteiger partial charge in [0.25, 0.3) is 0 Å². The Kier molecular flexibility index (Phi) is 2.65. The number of nitrogens with one attached hydrogen (secondary N) is 1. The predicted octanol–water partition coefficient (Wildman–Crippen LogP) is 1.88. The van der Waals surface area contributed by atoms with Crippen LogP contribution in [0.4, 0.5) is 0 Å². The van der Waals surface area contributed by atoms with Gasteiger partial charge in [-0.2, -0.15) is 0 Å². The third-order valence-corrected chi connectivity index (χ3v) is 3.37. The maximum Gasteiger partial charge on any atom is 0.189 e. The first kappa shape index (κ1) is 10.8. The fourth-order valence-corrected chi connectivity index (χ4v) is 2.32. The third kappa shape index (κ3) is 2.86. The number of nitrogens with zero attached hydrogens (tertiary/aromatic N) is 1. The second-order valence-corrected chi connectivity index (χ2v) is 6.05. The van der Waals surface area contributed by atoms with Gasteiger partial charge >= 0.3 is 0 Å². The van der Waals surface area contributed by atoms with E-state index in [1.807, 2.05) is 0 Å². The normalized spacial score (nSPS) is 32.3. The van der Waals surface area contributed by atoms with Crippen LogP contribution < -0.4 is 11.1 Å². The van der Waals surface area contributed by atoms with Crippen molar-refractivity contribution in [2.45, 2.75) is 58.0 Å². The zero-order valence-corrected chi connectivity index (χ0v) is 10.1. The summed E-state index contributed by atoms with van der Waals surface area (Å²) < 4.78 is 0. The summed E-state index contributed by atoms with van der Waals surface area (Å²) in [5.41, 5.74) is 5.88. The Morgan fingerprint density at radius 1 is 1.33 bits per heavy atom. The molecule has 0 spiro atoms. The topological polar surface area (TPSA) is 50.4 Å². The first-order valence-electron chi connectivity index (χ1n) is 6.07. The van der Waals surface area contributed by atoms with E-state index < -0.39 is 0 Å². The third-order valence-electron chi connectivity index (χ3n) is 3.37. The number of guanidine groups is 1. The standard InChI is InChI=1S/C12H23N3/c1-12(2,3)15-11(13)14-10-7-9(10)8-5-4-6-8/h8-10H,4-7H2,1-3H3,(H3,13,14,15)/t9-,10+/m0/s1. The minimum absolute atomic E-state index is 0.0223. The molecule has 0 aromatic heterocycles. The van der Waals surface area contributed by atoms with Crippen LogP contribution in [0, 0.1) is 11.8 Å². The molecule has 15 heavy (non-hydrogen) atoms. The Bertz CT molecular complexity index is 261. The van der Waals surface area contributed by atoms with Crippen molar-refractivity contribution in [3.05, 3.63) is 0 Å². The van der Waals surface area contributed by atoms with Crippen molar-refractivity contribution in [1.82, 2.24) is 5.32 Å². The van der Waals surface area contributed by atoms with E-state index in [0.29, 0.717) is 12.0 Å². The molecular weight excluding hydrogens is 186 g/mol. The zero-order valence-electron chi connectivity index (χ0n) is 10.1. The van der Waals surface area contributed by atoms with E-state index in [9.17, 15) is 0 Å². The van der Waals surface area contributed by atoms with Gasteiger partial charge in [-0.1, -0.05) is 19.3 Å². The van der Waals surface area contributed by atoms with Gasteiger partial charge in [0, 0.05) is 5.54 Å². The van der Waals surface area contributed by atoms with Crippen LogP contribution in [0.5, 0.6) is 0 Å². The van der Waals surface area contributed by atoms with Gasteiger partial charge in [0.05, 0.1) is 6.04 Å². The highest BCUT2D eigenvalue weighted by molar-refractivity contribution is 5.78. The molecule has 0 radical (unpaired) electrons. The SMILES string of the molecule is CC(C)(C)NC(N)=N[C@@H]1C[C@H]1C1CCC1. The Morgan fingerprint density at radius 2 is 2.00 bits per heavy atom. The monoisotopic (exact) mass is 209 g/mol. The molecule has 2 saturated carbocycles. The number of rotatable bonds is 2. The zero-order chi connectivity index (χ0) is 11.1. The van der Waals surface area contributed by atoms with Crippen LogP contribution in [0.15, 0.2) is 4.99 Å². The van der Waals surface area contributed by atoms with Gasteiger partial charge in [0.1, 0.15) is 0 Å². The predicted molar refractivity (Wildman–Crippen MR) is 63.7 cm³/mol. The largest absolute Gasteiger partial charge is 0.370 e. The first-order valence-corrected chi connectivity index (χ1v) is 6.07. The summed E-state index contributed by atoms with van der Waals surface area (Å²) in [4.78, 5) is 4.54. The fourth-order valence-electron chi connectivity index (χ4n) is 2.32. The molecule has 2 atom stereocenters. The lowest BCUT2D eigenvalue weighted by molar-refractivity contribution is 0.273. The molecule has 0 amide bonds. The second kappa shape index (κ2) is 3.69. The van der Waals surface area contributed by atoms with Crippen LogP contribution >= 0.6 is 0 Å². The van der Waals surface area contributed by atoms with Crippen molar-refractivity contribution < 1.29 is 0 Å². The van der Waals surface area contributed by atoms with Gasteiger partial charge in [-0.25, -0.2) is 4.99 Å². The van der Waals surface area contributed by atoms with Crippen LogP contribution in [0.1, 0.15) is 46.5 Å². The molecule has 2 rings (SSSR count). The maximum atomic E-state index is 5.86. The van der Waals surface area contributed by atoms with Gasteiger partial charge in [-0.3, -0.25) is 0 Å². The van der Waals surface area contributed by atoms with E-state index in [2.05, 4.69) is 31.1 Å². The van der Waals surface area contributed by atoms with E-state index >= 15 is 0 Å². The highest BCUT2D eigenvalue weighted by Gasteiger charge is 2.45. The molecule has 3 nitrogen and oxygen atoms in total. The summed E-state index contributed by atoms with van der Waals surface area (Å²) in [6.07, 6.45) is 5.52. The average molecular weight is 209 g/mol. The van der Waals surface area contributed by atoms with Crippen molar-refractivity contribution >= 4 is 5.96 Å². The van der Waals surface area contributed by atoms with Crippen molar-refractivity contribution in [2.24, 2.45) is 22.6 Å². The Morgan fingerprint density at radius 3 is 2.47 bits per heavy atom. The minimum atomic E-state index is 0.0223. The number of aliphatic imine (C=N–C) groups is 1. The van der Waals surface area contributed by atoms with Gasteiger partial charge in [0.2, 0.25) is 0 Å². The Hall–Kier alpha value is -0.730. The molecule has 2 aliphatic rings. The molecule has 3 N–H and O–H groups in total. The highest BCUT2D eigenvalue weighted by Crippen LogP contribution is 2.48. The molecule has 2 fully saturated rings. The van der Waals surface area contributed by atoms with Gasteiger partial charge in [-0.05, 0) is 39.0 Å². The molecule has 3 heteroatoms. The first-order chi connectivity index (χ1) is 6.96. The van der Waals surface area contributed by atoms with Gasteiger partial charge in [0.15, 0.2) is 5.96 Å². The van der Waals surface area contributed by atoms with Crippen LogP contribution in [0.2, 0.25) is 0 Å². The molecule has 0 aromatic carbocycles. The van der Waals surface area contributed by atoms with E-state index in [1.54, 1.807) is 0 Å². The van der Waals surface area contributed by atoms with E-state index in [0.717, 1.165) is 11.8 Å². The minimum Gasteiger partial charge on any atom is -0.370 e. The van der Waals surface area contributed by atoms with Crippen molar-refractivity contribution in [2.75, 3.05) is 0 Å². The number of nitrogens with two attached hydrogens (primary N) is 1. The number of hydrogen-bond acceptors (Lipinski definition) is 1. The summed E-state index contributed by atoms with van der Waals surface area (Å²) in [5.74, 6) is 2.43. The molecule has 0 aliphatic heterocycles. The lowest BCUT2D eigenvalue weighted by Gasteiger charge is -2.25. The molecule has 0 bridgehead atoms. The van der Waals surface area contributed by atoms with E-state index in [-0.39, 0.29) is 5.54 Å². The van der Waals surface area contributed by atoms with Crippen molar-refractivity contribution in [3.63, 3.8) is 0 Å². The van der Waals surface area contributed by atoms with Crippen molar-refractivity contribution in [3.8, 4) is 0 Å². The molecule has 0 saturated heterocycles. The maximum absolute atomic E-state index is 5.86. The highest BCUT2D eigenvalue weighted by atomic mass is 15.1.